The fourth-order valence-corrected chi connectivity index (χ4v) is 5.25. The minimum Gasteiger partial charge on any atom is -0.493 e. The molecule has 0 N–H and O–H groups in total. The molecular formula is C30H38N4O3. The van der Waals surface area contributed by atoms with E-state index in [1.165, 1.54) is 5.56 Å². The molecule has 2 fully saturated rings. The van der Waals surface area contributed by atoms with E-state index in [1.807, 2.05) is 40.8 Å². The monoisotopic (exact) mass is 502 g/mol. The van der Waals surface area contributed by atoms with Gasteiger partial charge in [-0.15, -0.1) is 0 Å². The second kappa shape index (κ2) is 11.9. The molecule has 0 saturated carbocycles. The highest BCUT2D eigenvalue weighted by molar-refractivity contribution is 5.94. The van der Waals surface area contributed by atoms with Crippen LogP contribution in [0.3, 0.4) is 0 Å². The lowest BCUT2D eigenvalue weighted by Gasteiger charge is -2.32. The van der Waals surface area contributed by atoms with E-state index in [-0.39, 0.29) is 5.91 Å². The number of morpholine rings is 1. The number of likely N-dealkylation sites (tertiary alicyclic amines) is 1. The molecule has 2 aromatic carbocycles. The lowest BCUT2D eigenvalue weighted by Crippen LogP contribution is -2.41. The van der Waals surface area contributed by atoms with Crippen LogP contribution in [0.15, 0.2) is 54.6 Å². The van der Waals surface area contributed by atoms with Gasteiger partial charge in [0.25, 0.3) is 5.91 Å². The molecule has 196 valence electrons. The van der Waals surface area contributed by atoms with Crippen molar-refractivity contribution < 1.29 is 14.3 Å². The quantitative estimate of drug-likeness (QED) is 0.459. The molecule has 2 saturated heterocycles. The zero-order chi connectivity index (χ0) is 25.6. The number of piperidine rings is 1. The number of benzene rings is 2. The maximum atomic E-state index is 13.2. The molecule has 0 unspecified atom stereocenters. The number of nitrogens with zero attached hydrogens (tertiary/aromatic N) is 4. The Morgan fingerprint density at radius 2 is 1.68 bits per heavy atom. The molecule has 37 heavy (non-hydrogen) atoms. The van der Waals surface area contributed by atoms with Gasteiger partial charge >= 0.3 is 0 Å². The highest BCUT2D eigenvalue weighted by Gasteiger charge is 2.25. The summed E-state index contributed by atoms with van der Waals surface area (Å²) in [5, 5.41) is 4.54. The standard InChI is InChI=1S/C30H38N4O3/c1-23-18-24(2)34(31-23)21-26-5-9-28(10-6-26)30(35)33-13-3-4-27(20-33)22-37-29-11-7-25(8-12-29)19-32-14-16-36-17-15-32/h5-12,18,27H,3-4,13-17,19-22H2,1-2H3/t27-/m1/s1. The third-order valence-electron chi connectivity index (χ3n) is 7.36. The number of rotatable bonds is 8. The number of ether oxygens (including phenoxy) is 2. The zero-order valence-electron chi connectivity index (χ0n) is 22.1. The molecule has 0 radical (unpaired) electrons. The van der Waals surface area contributed by atoms with Gasteiger partial charge in [-0.25, -0.2) is 0 Å². The molecule has 5 rings (SSSR count). The lowest BCUT2D eigenvalue weighted by atomic mass is 9.98. The highest BCUT2D eigenvalue weighted by atomic mass is 16.5. The average Bonchev–Trinajstić information content (AvgIpc) is 3.25. The predicted octanol–water partition coefficient (Wildman–Crippen LogP) is 4.31. The SMILES string of the molecule is Cc1cc(C)n(Cc2ccc(C(=O)N3CCC[C@@H](COc4ccc(CN5CCOCC5)cc4)C3)cc2)n1. The van der Waals surface area contributed by atoms with Gasteiger partial charge in [-0.05, 0) is 68.1 Å². The van der Waals surface area contributed by atoms with Crippen LogP contribution in [0.2, 0.25) is 0 Å². The van der Waals surface area contributed by atoms with Gasteiger partial charge in [-0.1, -0.05) is 24.3 Å². The number of hydrogen-bond donors (Lipinski definition) is 0. The summed E-state index contributed by atoms with van der Waals surface area (Å²) in [6.07, 6.45) is 2.09. The smallest absolute Gasteiger partial charge is 0.253 e. The first-order valence-corrected chi connectivity index (χ1v) is 13.4. The molecule has 2 aliphatic heterocycles. The van der Waals surface area contributed by atoms with Crippen molar-refractivity contribution in [2.24, 2.45) is 5.92 Å². The Kier molecular flexibility index (Phi) is 8.21. The normalized spacial score (nSPS) is 18.6. The van der Waals surface area contributed by atoms with Gasteiger partial charge < -0.3 is 14.4 Å². The highest BCUT2D eigenvalue weighted by Crippen LogP contribution is 2.22. The van der Waals surface area contributed by atoms with E-state index in [0.29, 0.717) is 19.1 Å². The Balaban J connectivity index is 1.10. The maximum absolute atomic E-state index is 13.2. The van der Waals surface area contributed by atoms with E-state index in [1.54, 1.807) is 0 Å². The third kappa shape index (κ3) is 6.79. The van der Waals surface area contributed by atoms with Crippen LogP contribution in [0, 0.1) is 19.8 Å². The summed E-state index contributed by atoms with van der Waals surface area (Å²) in [6, 6.07) is 18.5. The van der Waals surface area contributed by atoms with Gasteiger partial charge in [0.15, 0.2) is 0 Å². The fourth-order valence-electron chi connectivity index (χ4n) is 5.25. The van der Waals surface area contributed by atoms with Crippen molar-refractivity contribution in [3.8, 4) is 5.75 Å². The molecule has 3 aromatic rings. The van der Waals surface area contributed by atoms with Crippen molar-refractivity contribution in [2.45, 2.75) is 39.8 Å². The third-order valence-corrected chi connectivity index (χ3v) is 7.36. The van der Waals surface area contributed by atoms with Crippen LogP contribution in [0.4, 0.5) is 0 Å². The van der Waals surface area contributed by atoms with Gasteiger partial charge in [0.1, 0.15) is 5.75 Å². The summed E-state index contributed by atoms with van der Waals surface area (Å²) >= 11 is 0. The number of aryl methyl sites for hydroxylation is 2. The topological polar surface area (TPSA) is 59.8 Å². The molecule has 7 heteroatoms. The lowest BCUT2D eigenvalue weighted by molar-refractivity contribution is 0.0342. The molecule has 0 bridgehead atoms. The summed E-state index contributed by atoms with van der Waals surface area (Å²) < 4.78 is 13.6. The van der Waals surface area contributed by atoms with E-state index in [4.69, 9.17) is 9.47 Å². The van der Waals surface area contributed by atoms with Crippen molar-refractivity contribution in [3.05, 3.63) is 82.7 Å². The number of carbonyl (C=O) groups excluding carboxylic acids is 1. The van der Waals surface area contributed by atoms with E-state index in [0.717, 1.165) is 87.0 Å². The van der Waals surface area contributed by atoms with Crippen LogP contribution in [0.25, 0.3) is 0 Å². The minimum atomic E-state index is 0.106. The van der Waals surface area contributed by atoms with Gasteiger partial charge in [-0.3, -0.25) is 14.4 Å². The first kappa shape index (κ1) is 25.5. The van der Waals surface area contributed by atoms with Crippen molar-refractivity contribution in [2.75, 3.05) is 46.0 Å². The van der Waals surface area contributed by atoms with Crippen LogP contribution >= 0.6 is 0 Å². The Labute approximate surface area is 220 Å². The van der Waals surface area contributed by atoms with Crippen LogP contribution in [-0.2, 0) is 17.8 Å². The van der Waals surface area contributed by atoms with E-state index in [2.05, 4.69) is 47.3 Å². The van der Waals surface area contributed by atoms with Gasteiger partial charge in [0, 0.05) is 49.9 Å². The fraction of sp³-hybridized carbons (Fsp3) is 0.467. The Morgan fingerprint density at radius 1 is 0.973 bits per heavy atom. The summed E-state index contributed by atoms with van der Waals surface area (Å²) in [4.78, 5) is 17.6. The summed E-state index contributed by atoms with van der Waals surface area (Å²) in [6.45, 7) is 11.5. The van der Waals surface area contributed by atoms with Gasteiger partial charge in [0.2, 0.25) is 0 Å². The number of aromatic nitrogens is 2. The number of carbonyl (C=O) groups is 1. The summed E-state index contributed by atoms with van der Waals surface area (Å²) in [5.74, 6) is 1.35. The van der Waals surface area contributed by atoms with Crippen LogP contribution in [0.5, 0.6) is 5.75 Å². The number of amides is 1. The van der Waals surface area contributed by atoms with Crippen LogP contribution < -0.4 is 4.74 Å². The van der Waals surface area contributed by atoms with Crippen LogP contribution in [0.1, 0.15) is 45.7 Å². The Hall–Kier alpha value is -3.16. The Bertz CT molecular complexity index is 1170. The maximum Gasteiger partial charge on any atom is 0.253 e. The van der Waals surface area contributed by atoms with Gasteiger partial charge in [0.05, 0.1) is 32.1 Å². The molecule has 0 spiro atoms. The molecule has 3 heterocycles. The van der Waals surface area contributed by atoms with Crippen LogP contribution in [-0.4, -0.2) is 71.5 Å². The molecule has 1 atom stereocenters. The van der Waals surface area contributed by atoms with Gasteiger partial charge in [-0.2, -0.15) is 5.10 Å². The zero-order valence-corrected chi connectivity index (χ0v) is 22.1. The van der Waals surface area contributed by atoms with Crippen molar-refractivity contribution in [1.82, 2.24) is 19.6 Å². The molecule has 2 aliphatic rings. The molecule has 1 amide bonds. The van der Waals surface area contributed by atoms with Crippen molar-refractivity contribution in [1.29, 1.82) is 0 Å². The second-order valence-corrected chi connectivity index (χ2v) is 10.4. The minimum absolute atomic E-state index is 0.106. The Morgan fingerprint density at radius 3 is 2.38 bits per heavy atom. The van der Waals surface area contributed by atoms with E-state index in [9.17, 15) is 4.79 Å². The first-order valence-electron chi connectivity index (χ1n) is 13.4. The number of hydrogen-bond acceptors (Lipinski definition) is 5. The summed E-state index contributed by atoms with van der Waals surface area (Å²) in [7, 11) is 0. The second-order valence-electron chi connectivity index (χ2n) is 10.4. The van der Waals surface area contributed by atoms with Crippen molar-refractivity contribution >= 4 is 5.91 Å². The predicted molar refractivity (Wildman–Crippen MR) is 144 cm³/mol. The summed E-state index contributed by atoms with van der Waals surface area (Å²) in [5.41, 5.74) is 5.35. The van der Waals surface area contributed by atoms with Crippen molar-refractivity contribution in [3.63, 3.8) is 0 Å². The van der Waals surface area contributed by atoms with E-state index >= 15 is 0 Å². The van der Waals surface area contributed by atoms with E-state index < -0.39 is 0 Å². The average molecular weight is 503 g/mol. The molecular weight excluding hydrogens is 464 g/mol. The largest absolute Gasteiger partial charge is 0.493 e. The molecule has 0 aliphatic carbocycles. The molecule has 7 nitrogen and oxygen atoms in total. The first-order chi connectivity index (χ1) is 18.0. The molecule has 1 aromatic heterocycles.